The number of allylic oxidation sites excluding steroid dienone is 2. The summed E-state index contributed by atoms with van der Waals surface area (Å²) in [5.74, 6) is 1.09. The maximum absolute atomic E-state index is 11.7. The summed E-state index contributed by atoms with van der Waals surface area (Å²) in [7, 11) is 3.06. The SMILES string of the molecule is COC(=O)c1ccc([C@H]2Nc3c(OC)ccc(Cl)c3[C@@H]3C=CC[C@@H]23)cc1. The van der Waals surface area contributed by atoms with E-state index in [1.54, 1.807) is 7.11 Å². The molecule has 134 valence electrons. The van der Waals surface area contributed by atoms with Crippen LogP contribution in [0.1, 0.15) is 39.9 Å². The summed E-state index contributed by atoms with van der Waals surface area (Å²) in [5.41, 5.74) is 3.74. The lowest BCUT2D eigenvalue weighted by atomic mass is 9.76. The van der Waals surface area contributed by atoms with Crippen LogP contribution in [0.25, 0.3) is 0 Å². The largest absolute Gasteiger partial charge is 0.495 e. The van der Waals surface area contributed by atoms with Gasteiger partial charge in [0, 0.05) is 16.5 Å². The molecule has 0 spiro atoms. The lowest BCUT2D eigenvalue weighted by molar-refractivity contribution is 0.0600. The molecule has 0 amide bonds. The number of hydrogen-bond donors (Lipinski definition) is 1. The summed E-state index contributed by atoms with van der Waals surface area (Å²) in [4.78, 5) is 11.7. The van der Waals surface area contributed by atoms with Gasteiger partial charge in [-0.05, 0) is 42.2 Å². The molecule has 2 aromatic rings. The van der Waals surface area contributed by atoms with E-state index in [4.69, 9.17) is 21.1 Å². The van der Waals surface area contributed by atoms with Crippen LogP contribution in [-0.4, -0.2) is 20.2 Å². The van der Waals surface area contributed by atoms with Crippen LogP contribution in [-0.2, 0) is 4.74 Å². The molecule has 1 aliphatic carbocycles. The van der Waals surface area contributed by atoms with Crippen molar-refractivity contribution in [1.82, 2.24) is 0 Å². The number of benzene rings is 2. The molecule has 0 saturated carbocycles. The molecule has 0 bridgehead atoms. The molecular formula is C21H20ClNO3. The van der Waals surface area contributed by atoms with Gasteiger partial charge in [0.25, 0.3) is 0 Å². The Bertz CT molecular complexity index is 876. The summed E-state index contributed by atoms with van der Waals surface area (Å²) in [5, 5.41) is 4.40. The maximum atomic E-state index is 11.7. The number of carbonyl (C=O) groups is 1. The van der Waals surface area contributed by atoms with Crippen LogP contribution in [0.5, 0.6) is 5.75 Å². The molecule has 3 atom stereocenters. The number of esters is 1. The lowest BCUT2D eigenvalue weighted by Gasteiger charge is -2.38. The van der Waals surface area contributed by atoms with Gasteiger partial charge in [-0.15, -0.1) is 0 Å². The van der Waals surface area contributed by atoms with E-state index in [0.29, 0.717) is 11.5 Å². The molecule has 1 heterocycles. The number of halogens is 1. The standard InChI is InChI=1S/C21H20ClNO3/c1-25-17-11-10-16(22)18-14-4-3-5-15(14)19(23-20(17)18)12-6-8-13(9-7-12)21(24)26-2/h3-4,6-11,14-15,19,23H,5H2,1-2H3/t14-,15-,19-/m1/s1. The molecule has 0 unspecified atom stereocenters. The van der Waals surface area contributed by atoms with Crippen molar-refractivity contribution in [3.05, 3.63) is 70.3 Å². The van der Waals surface area contributed by atoms with Crippen LogP contribution in [0.3, 0.4) is 0 Å². The summed E-state index contributed by atoms with van der Waals surface area (Å²) in [6.45, 7) is 0. The van der Waals surface area contributed by atoms with Crippen molar-refractivity contribution in [2.24, 2.45) is 5.92 Å². The highest BCUT2D eigenvalue weighted by molar-refractivity contribution is 6.32. The molecule has 4 rings (SSSR count). The van der Waals surface area contributed by atoms with E-state index >= 15 is 0 Å². The summed E-state index contributed by atoms with van der Waals surface area (Å²) in [6.07, 6.45) is 5.44. The Morgan fingerprint density at radius 1 is 1.15 bits per heavy atom. The Kier molecular flexibility index (Phi) is 4.37. The molecule has 0 fully saturated rings. The average molecular weight is 370 g/mol. The van der Waals surface area contributed by atoms with Crippen molar-refractivity contribution in [3.63, 3.8) is 0 Å². The number of nitrogens with one attached hydrogen (secondary N) is 1. The van der Waals surface area contributed by atoms with E-state index in [2.05, 4.69) is 17.5 Å². The van der Waals surface area contributed by atoms with E-state index in [-0.39, 0.29) is 17.9 Å². The minimum absolute atomic E-state index is 0.113. The van der Waals surface area contributed by atoms with Crippen molar-refractivity contribution < 1.29 is 14.3 Å². The van der Waals surface area contributed by atoms with Crippen LogP contribution in [0.4, 0.5) is 5.69 Å². The van der Waals surface area contributed by atoms with Gasteiger partial charge in [-0.25, -0.2) is 4.79 Å². The van der Waals surface area contributed by atoms with Crippen LogP contribution in [0.2, 0.25) is 5.02 Å². The van der Waals surface area contributed by atoms with Gasteiger partial charge in [0.1, 0.15) is 5.75 Å². The van der Waals surface area contributed by atoms with Crippen LogP contribution < -0.4 is 10.1 Å². The minimum Gasteiger partial charge on any atom is -0.495 e. The van der Waals surface area contributed by atoms with Gasteiger partial charge in [0.2, 0.25) is 0 Å². The highest BCUT2D eigenvalue weighted by atomic mass is 35.5. The Balaban J connectivity index is 1.75. The normalized spacial score (nSPS) is 23.0. The first-order valence-corrected chi connectivity index (χ1v) is 8.99. The lowest BCUT2D eigenvalue weighted by Crippen LogP contribution is -2.29. The molecule has 1 aliphatic heterocycles. The van der Waals surface area contributed by atoms with Crippen molar-refractivity contribution in [1.29, 1.82) is 0 Å². The Morgan fingerprint density at radius 3 is 2.62 bits per heavy atom. The summed E-state index contributed by atoms with van der Waals surface area (Å²) >= 11 is 6.52. The highest BCUT2D eigenvalue weighted by Gasteiger charge is 2.40. The predicted octanol–water partition coefficient (Wildman–Crippen LogP) is 4.96. The molecule has 26 heavy (non-hydrogen) atoms. The van der Waals surface area contributed by atoms with Crippen molar-refractivity contribution in [3.8, 4) is 5.75 Å². The van der Waals surface area contributed by atoms with Crippen LogP contribution in [0, 0.1) is 5.92 Å². The Labute approximate surface area is 157 Å². The fourth-order valence-corrected chi connectivity index (χ4v) is 4.37. The van der Waals surface area contributed by atoms with Crippen LogP contribution in [0.15, 0.2) is 48.6 Å². The highest BCUT2D eigenvalue weighted by Crippen LogP contribution is 2.54. The zero-order valence-corrected chi connectivity index (χ0v) is 15.4. The first-order chi connectivity index (χ1) is 12.6. The number of anilines is 1. The van der Waals surface area contributed by atoms with E-state index in [0.717, 1.165) is 34.0 Å². The molecule has 2 aromatic carbocycles. The van der Waals surface area contributed by atoms with E-state index in [9.17, 15) is 4.79 Å². The van der Waals surface area contributed by atoms with Crippen molar-refractivity contribution in [2.75, 3.05) is 19.5 Å². The average Bonchev–Trinajstić information content (AvgIpc) is 3.16. The van der Waals surface area contributed by atoms with Crippen LogP contribution >= 0.6 is 11.6 Å². The first kappa shape index (κ1) is 17.0. The Morgan fingerprint density at radius 2 is 1.92 bits per heavy atom. The summed E-state index contributed by atoms with van der Waals surface area (Å²) < 4.78 is 10.3. The predicted molar refractivity (Wildman–Crippen MR) is 102 cm³/mol. The smallest absolute Gasteiger partial charge is 0.337 e. The van der Waals surface area contributed by atoms with E-state index in [1.165, 1.54) is 7.11 Å². The maximum Gasteiger partial charge on any atom is 0.337 e. The van der Waals surface area contributed by atoms with E-state index < -0.39 is 0 Å². The van der Waals surface area contributed by atoms with Gasteiger partial charge < -0.3 is 14.8 Å². The molecule has 2 aliphatic rings. The van der Waals surface area contributed by atoms with Crippen molar-refractivity contribution in [2.45, 2.75) is 18.4 Å². The van der Waals surface area contributed by atoms with Crippen molar-refractivity contribution >= 4 is 23.3 Å². The number of rotatable bonds is 3. The minimum atomic E-state index is -0.327. The second kappa shape index (κ2) is 6.69. The molecule has 4 nitrogen and oxygen atoms in total. The second-order valence-electron chi connectivity index (χ2n) is 6.63. The second-order valence-corrected chi connectivity index (χ2v) is 7.03. The number of carbonyl (C=O) groups excluding carboxylic acids is 1. The molecule has 0 saturated heterocycles. The van der Waals surface area contributed by atoms with Gasteiger partial charge in [-0.3, -0.25) is 0 Å². The molecule has 1 N–H and O–H groups in total. The van der Waals surface area contributed by atoms with Gasteiger partial charge in [0.05, 0.1) is 31.5 Å². The fraction of sp³-hybridized carbons (Fsp3) is 0.286. The zero-order chi connectivity index (χ0) is 18.3. The number of fused-ring (bicyclic) bond motifs is 3. The third-order valence-electron chi connectivity index (χ3n) is 5.34. The molecule has 0 radical (unpaired) electrons. The number of ether oxygens (including phenoxy) is 2. The van der Waals surface area contributed by atoms with Gasteiger partial charge in [0.15, 0.2) is 0 Å². The topological polar surface area (TPSA) is 47.6 Å². The molecule has 0 aromatic heterocycles. The zero-order valence-electron chi connectivity index (χ0n) is 14.7. The summed E-state index contributed by atoms with van der Waals surface area (Å²) in [6, 6.07) is 11.5. The fourth-order valence-electron chi connectivity index (χ4n) is 4.08. The third-order valence-corrected chi connectivity index (χ3v) is 5.67. The van der Waals surface area contributed by atoms with E-state index in [1.807, 2.05) is 36.4 Å². The third kappa shape index (κ3) is 2.65. The Hall–Kier alpha value is -2.46. The first-order valence-electron chi connectivity index (χ1n) is 8.62. The van der Waals surface area contributed by atoms with Gasteiger partial charge in [-0.2, -0.15) is 0 Å². The monoisotopic (exact) mass is 369 g/mol. The number of methoxy groups -OCH3 is 2. The van der Waals surface area contributed by atoms with Gasteiger partial charge in [-0.1, -0.05) is 35.9 Å². The number of hydrogen-bond acceptors (Lipinski definition) is 4. The van der Waals surface area contributed by atoms with Gasteiger partial charge >= 0.3 is 5.97 Å². The molecule has 5 heteroatoms. The molecular weight excluding hydrogens is 350 g/mol. The quantitative estimate of drug-likeness (QED) is 0.613.